The van der Waals surface area contributed by atoms with Gasteiger partial charge in [0.2, 0.25) is 17.7 Å². The summed E-state index contributed by atoms with van der Waals surface area (Å²) < 4.78 is 0. The van der Waals surface area contributed by atoms with Crippen LogP contribution in [0.5, 0.6) is 0 Å². The highest BCUT2D eigenvalue weighted by Crippen LogP contribution is 1.93. The molecule has 3 amide bonds. The van der Waals surface area contributed by atoms with E-state index in [-0.39, 0.29) is 0 Å². The fourth-order valence-corrected chi connectivity index (χ4v) is 1.07. The standard InChI is InChI=1S/C9H15N3O5/c1-4(11-5(2)13)8(15)12-6(9(16)17)3-7(10)14/h4,6H,3H2,1-2H3,(H2,10,14)(H,11,13)(H,12,15)(H,16,17)/t4?,6-/m1/s1. The molecule has 0 aliphatic heterocycles. The molecule has 0 saturated carbocycles. The van der Waals surface area contributed by atoms with Crippen LogP contribution in [-0.4, -0.2) is 40.9 Å². The summed E-state index contributed by atoms with van der Waals surface area (Å²) in [5.74, 6) is -3.33. The number of carboxylic acids is 1. The number of nitrogens with one attached hydrogen (secondary N) is 2. The van der Waals surface area contributed by atoms with Gasteiger partial charge in [-0.3, -0.25) is 14.4 Å². The maximum atomic E-state index is 11.4. The van der Waals surface area contributed by atoms with Crippen LogP contribution in [0.2, 0.25) is 0 Å². The molecule has 0 aromatic heterocycles. The third kappa shape index (κ3) is 6.13. The van der Waals surface area contributed by atoms with Crippen LogP contribution in [0, 0.1) is 0 Å². The topological polar surface area (TPSA) is 139 Å². The van der Waals surface area contributed by atoms with E-state index >= 15 is 0 Å². The molecule has 0 aromatic rings. The molecule has 0 fully saturated rings. The van der Waals surface area contributed by atoms with Crippen molar-refractivity contribution in [2.24, 2.45) is 5.73 Å². The summed E-state index contributed by atoms with van der Waals surface area (Å²) in [5, 5.41) is 13.1. The molecule has 17 heavy (non-hydrogen) atoms. The van der Waals surface area contributed by atoms with Gasteiger partial charge in [0.1, 0.15) is 12.1 Å². The van der Waals surface area contributed by atoms with Crippen LogP contribution in [0.3, 0.4) is 0 Å². The van der Waals surface area contributed by atoms with E-state index in [1.807, 2.05) is 0 Å². The lowest BCUT2D eigenvalue weighted by Crippen LogP contribution is -2.51. The Balaban J connectivity index is 4.44. The monoisotopic (exact) mass is 245 g/mol. The first kappa shape index (κ1) is 14.9. The number of primary amides is 1. The fraction of sp³-hybridized carbons (Fsp3) is 0.556. The van der Waals surface area contributed by atoms with Crippen molar-refractivity contribution in [1.29, 1.82) is 0 Å². The number of amides is 3. The SMILES string of the molecule is CC(=O)NC(C)C(=O)N[C@H](CC(N)=O)C(=O)O. The van der Waals surface area contributed by atoms with Gasteiger partial charge in [-0.05, 0) is 6.92 Å². The predicted octanol–water partition coefficient (Wildman–Crippen LogP) is -2.04. The van der Waals surface area contributed by atoms with Gasteiger partial charge in [0.25, 0.3) is 0 Å². The average Bonchev–Trinajstić information content (AvgIpc) is 2.14. The number of carbonyl (C=O) groups is 4. The predicted molar refractivity (Wildman–Crippen MR) is 56.7 cm³/mol. The molecule has 0 spiro atoms. The van der Waals surface area contributed by atoms with Gasteiger partial charge in [-0.15, -0.1) is 0 Å². The number of nitrogens with two attached hydrogens (primary N) is 1. The van der Waals surface area contributed by atoms with Crippen molar-refractivity contribution in [2.45, 2.75) is 32.4 Å². The molecular formula is C9H15N3O5. The minimum Gasteiger partial charge on any atom is -0.480 e. The van der Waals surface area contributed by atoms with Gasteiger partial charge in [0, 0.05) is 6.92 Å². The van der Waals surface area contributed by atoms with Crippen LogP contribution in [0.4, 0.5) is 0 Å². The zero-order chi connectivity index (χ0) is 13.6. The van der Waals surface area contributed by atoms with Gasteiger partial charge < -0.3 is 21.5 Å². The van der Waals surface area contributed by atoms with Crippen LogP contribution in [0.25, 0.3) is 0 Å². The molecule has 0 rings (SSSR count). The van der Waals surface area contributed by atoms with Crippen molar-refractivity contribution in [1.82, 2.24) is 10.6 Å². The summed E-state index contributed by atoms with van der Waals surface area (Å²) in [4.78, 5) is 43.4. The number of carboxylic acid groups (broad SMARTS) is 1. The van der Waals surface area contributed by atoms with E-state index in [0.29, 0.717) is 0 Å². The summed E-state index contributed by atoms with van der Waals surface area (Å²) in [6.07, 6.45) is -0.506. The lowest BCUT2D eigenvalue weighted by Gasteiger charge is -2.17. The molecule has 0 saturated heterocycles. The first-order valence-corrected chi connectivity index (χ1v) is 4.82. The van der Waals surface area contributed by atoms with E-state index in [1.54, 1.807) is 0 Å². The van der Waals surface area contributed by atoms with E-state index in [0.717, 1.165) is 0 Å². The number of carbonyl (C=O) groups excluding carboxylic acids is 3. The summed E-state index contributed by atoms with van der Waals surface area (Å²) in [6.45, 7) is 2.61. The van der Waals surface area contributed by atoms with Crippen LogP contribution >= 0.6 is 0 Å². The highest BCUT2D eigenvalue weighted by atomic mass is 16.4. The fourth-order valence-electron chi connectivity index (χ4n) is 1.07. The zero-order valence-electron chi connectivity index (χ0n) is 9.52. The molecule has 0 aromatic carbocycles. The van der Waals surface area contributed by atoms with Crippen LogP contribution < -0.4 is 16.4 Å². The van der Waals surface area contributed by atoms with Crippen molar-refractivity contribution in [3.63, 3.8) is 0 Å². The Labute approximate surface area is 97.5 Å². The van der Waals surface area contributed by atoms with Gasteiger partial charge in [0.15, 0.2) is 0 Å². The lowest BCUT2D eigenvalue weighted by atomic mass is 10.2. The molecular weight excluding hydrogens is 230 g/mol. The van der Waals surface area contributed by atoms with E-state index < -0.39 is 42.2 Å². The minimum absolute atomic E-state index is 0.422. The van der Waals surface area contributed by atoms with Gasteiger partial charge in [-0.25, -0.2) is 4.79 Å². The number of hydrogen-bond acceptors (Lipinski definition) is 4. The van der Waals surface area contributed by atoms with Crippen molar-refractivity contribution >= 4 is 23.7 Å². The number of rotatable bonds is 6. The molecule has 0 bridgehead atoms. The second kappa shape index (κ2) is 6.46. The molecule has 5 N–H and O–H groups in total. The quantitative estimate of drug-likeness (QED) is 0.427. The molecule has 1 unspecified atom stereocenters. The Morgan fingerprint density at radius 1 is 1.24 bits per heavy atom. The van der Waals surface area contributed by atoms with E-state index in [4.69, 9.17) is 10.8 Å². The number of hydrogen-bond donors (Lipinski definition) is 4. The molecule has 96 valence electrons. The van der Waals surface area contributed by atoms with Crippen molar-refractivity contribution in [2.75, 3.05) is 0 Å². The Morgan fingerprint density at radius 3 is 2.12 bits per heavy atom. The summed E-state index contributed by atoms with van der Waals surface area (Å²) in [7, 11) is 0. The summed E-state index contributed by atoms with van der Waals surface area (Å²) >= 11 is 0. The van der Waals surface area contributed by atoms with E-state index in [9.17, 15) is 19.2 Å². The molecule has 0 aliphatic carbocycles. The van der Waals surface area contributed by atoms with E-state index in [2.05, 4.69) is 10.6 Å². The number of aliphatic carboxylic acids is 1. The van der Waals surface area contributed by atoms with Crippen LogP contribution in [0.1, 0.15) is 20.3 Å². The maximum Gasteiger partial charge on any atom is 0.326 e. The minimum atomic E-state index is -1.39. The van der Waals surface area contributed by atoms with Crippen molar-refractivity contribution < 1.29 is 24.3 Å². The van der Waals surface area contributed by atoms with Gasteiger partial charge in [-0.1, -0.05) is 0 Å². The largest absolute Gasteiger partial charge is 0.480 e. The Bertz CT molecular complexity index is 342. The average molecular weight is 245 g/mol. The summed E-state index contributed by atoms with van der Waals surface area (Å²) in [5.41, 5.74) is 4.84. The summed E-state index contributed by atoms with van der Waals surface area (Å²) in [6, 6.07) is -2.28. The van der Waals surface area contributed by atoms with Crippen molar-refractivity contribution in [3.05, 3.63) is 0 Å². The molecule has 8 heteroatoms. The van der Waals surface area contributed by atoms with Crippen LogP contribution in [0.15, 0.2) is 0 Å². The first-order chi connectivity index (χ1) is 7.73. The van der Waals surface area contributed by atoms with Crippen molar-refractivity contribution in [3.8, 4) is 0 Å². The Hall–Kier alpha value is -2.12. The van der Waals surface area contributed by atoms with Gasteiger partial charge >= 0.3 is 5.97 Å². The van der Waals surface area contributed by atoms with Crippen LogP contribution in [-0.2, 0) is 19.2 Å². The molecule has 8 nitrogen and oxygen atoms in total. The molecule has 0 aliphatic rings. The second-order valence-electron chi connectivity index (χ2n) is 3.49. The highest BCUT2D eigenvalue weighted by molar-refractivity contribution is 5.91. The Morgan fingerprint density at radius 2 is 1.76 bits per heavy atom. The highest BCUT2D eigenvalue weighted by Gasteiger charge is 2.24. The van der Waals surface area contributed by atoms with Gasteiger partial charge in [0.05, 0.1) is 6.42 Å². The maximum absolute atomic E-state index is 11.4. The smallest absolute Gasteiger partial charge is 0.326 e. The zero-order valence-corrected chi connectivity index (χ0v) is 9.52. The molecule has 2 atom stereocenters. The van der Waals surface area contributed by atoms with E-state index in [1.165, 1.54) is 13.8 Å². The van der Waals surface area contributed by atoms with Gasteiger partial charge in [-0.2, -0.15) is 0 Å². The first-order valence-electron chi connectivity index (χ1n) is 4.82. The molecule has 0 heterocycles. The lowest BCUT2D eigenvalue weighted by molar-refractivity contribution is -0.143. The molecule has 0 radical (unpaired) electrons. The second-order valence-corrected chi connectivity index (χ2v) is 3.49. The Kier molecular flexibility index (Phi) is 5.65. The third-order valence-corrected chi connectivity index (χ3v) is 1.83. The third-order valence-electron chi connectivity index (χ3n) is 1.83. The normalized spacial score (nSPS) is 13.3.